The first-order chi connectivity index (χ1) is 10.2. The molecule has 2 aromatic rings. The van der Waals surface area contributed by atoms with Gasteiger partial charge in [-0.1, -0.05) is 36.4 Å². The van der Waals surface area contributed by atoms with Crippen LogP contribution in [0.4, 0.5) is 5.69 Å². The molecule has 22 heavy (non-hydrogen) atoms. The van der Waals surface area contributed by atoms with E-state index in [9.17, 15) is 0 Å². The van der Waals surface area contributed by atoms with Crippen molar-refractivity contribution in [3.63, 3.8) is 0 Å². The van der Waals surface area contributed by atoms with Gasteiger partial charge >= 0.3 is 0 Å². The smallest absolute Gasteiger partial charge is 0.193 e. The summed E-state index contributed by atoms with van der Waals surface area (Å²) >= 11 is 0. The molecule has 0 radical (unpaired) electrons. The number of hydrogen-bond donors (Lipinski definition) is 2. The number of para-hydroxylation sites is 2. The Morgan fingerprint density at radius 3 is 2.32 bits per heavy atom. The van der Waals surface area contributed by atoms with E-state index in [2.05, 4.69) is 10.3 Å². The minimum absolute atomic E-state index is 0. The molecule has 0 saturated heterocycles. The van der Waals surface area contributed by atoms with E-state index < -0.39 is 0 Å². The maximum Gasteiger partial charge on any atom is 0.193 e. The van der Waals surface area contributed by atoms with Crippen molar-refractivity contribution < 1.29 is 4.74 Å². The van der Waals surface area contributed by atoms with Gasteiger partial charge in [-0.2, -0.15) is 0 Å². The number of anilines is 1. The Kier molecular flexibility index (Phi) is 7.73. The molecule has 0 saturated carbocycles. The van der Waals surface area contributed by atoms with Crippen molar-refractivity contribution in [2.45, 2.75) is 13.8 Å². The molecule has 0 aliphatic carbocycles. The summed E-state index contributed by atoms with van der Waals surface area (Å²) in [6, 6.07) is 15.8. The molecule has 2 aromatic carbocycles. The summed E-state index contributed by atoms with van der Waals surface area (Å²) < 4.78 is 5.78. The Morgan fingerprint density at radius 2 is 1.68 bits per heavy atom. The van der Waals surface area contributed by atoms with Crippen LogP contribution in [0.1, 0.15) is 11.1 Å². The Bertz CT molecular complexity index is 594. The maximum atomic E-state index is 5.83. The average Bonchev–Trinajstić information content (AvgIpc) is 2.47. The van der Waals surface area contributed by atoms with Crippen LogP contribution in [0, 0.1) is 13.8 Å². The molecular formula is C17H22IN3O. The maximum absolute atomic E-state index is 5.83. The lowest BCUT2D eigenvalue weighted by molar-refractivity contribution is 0.324. The zero-order valence-electron chi connectivity index (χ0n) is 12.9. The van der Waals surface area contributed by atoms with Gasteiger partial charge in [0, 0.05) is 5.69 Å². The van der Waals surface area contributed by atoms with Crippen LogP contribution in [0.2, 0.25) is 0 Å². The van der Waals surface area contributed by atoms with Crippen LogP contribution >= 0.6 is 24.0 Å². The molecule has 0 heterocycles. The van der Waals surface area contributed by atoms with Crippen LogP contribution in [0.25, 0.3) is 0 Å². The average molecular weight is 411 g/mol. The summed E-state index contributed by atoms with van der Waals surface area (Å²) in [5.41, 5.74) is 9.02. The highest BCUT2D eigenvalue weighted by molar-refractivity contribution is 14.0. The predicted molar refractivity (Wildman–Crippen MR) is 103 cm³/mol. The molecule has 2 rings (SSSR count). The summed E-state index contributed by atoms with van der Waals surface area (Å²) in [7, 11) is 0. The number of nitrogens with two attached hydrogens (primary N) is 1. The second kappa shape index (κ2) is 9.30. The van der Waals surface area contributed by atoms with E-state index in [1.54, 1.807) is 0 Å². The lowest BCUT2D eigenvalue weighted by Crippen LogP contribution is -2.23. The second-order valence-electron chi connectivity index (χ2n) is 4.83. The van der Waals surface area contributed by atoms with Gasteiger partial charge in [0.1, 0.15) is 12.4 Å². The number of nitrogens with zero attached hydrogens (tertiary/aromatic N) is 1. The number of benzene rings is 2. The summed E-state index contributed by atoms with van der Waals surface area (Å²) in [4.78, 5) is 4.25. The summed E-state index contributed by atoms with van der Waals surface area (Å²) in [6.07, 6.45) is 0. The van der Waals surface area contributed by atoms with Crippen LogP contribution in [-0.4, -0.2) is 19.1 Å². The lowest BCUT2D eigenvalue weighted by atomic mass is 10.1. The first-order valence-corrected chi connectivity index (χ1v) is 6.98. The first-order valence-electron chi connectivity index (χ1n) is 6.98. The third-order valence-electron chi connectivity index (χ3n) is 3.07. The monoisotopic (exact) mass is 411 g/mol. The van der Waals surface area contributed by atoms with Crippen molar-refractivity contribution in [3.8, 4) is 5.75 Å². The quantitative estimate of drug-likeness (QED) is 0.341. The molecule has 0 aliphatic heterocycles. The van der Waals surface area contributed by atoms with Gasteiger partial charge in [0.2, 0.25) is 0 Å². The number of halogens is 1. The van der Waals surface area contributed by atoms with E-state index in [0.29, 0.717) is 19.1 Å². The molecule has 0 spiro atoms. The standard InChI is InChI=1S/C17H21N3O.HI/c1-13-7-6-8-14(2)16(13)21-12-11-19-17(18)20-15-9-4-3-5-10-15;/h3-10H,11-12H2,1-2H3,(H3,18,19,20);1H. The number of ether oxygens (including phenoxy) is 1. The number of rotatable bonds is 5. The van der Waals surface area contributed by atoms with Gasteiger partial charge in [0.05, 0.1) is 6.54 Å². The first kappa shape index (κ1) is 18.3. The van der Waals surface area contributed by atoms with Gasteiger partial charge in [0.15, 0.2) is 5.96 Å². The van der Waals surface area contributed by atoms with Crippen LogP contribution in [0.3, 0.4) is 0 Å². The molecular weight excluding hydrogens is 389 g/mol. The van der Waals surface area contributed by atoms with E-state index in [1.807, 2.05) is 62.4 Å². The van der Waals surface area contributed by atoms with Crippen molar-refractivity contribution in [3.05, 3.63) is 59.7 Å². The third kappa shape index (κ3) is 5.55. The molecule has 0 unspecified atom stereocenters. The molecule has 0 aliphatic rings. The van der Waals surface area contributed by atoms with Crippen LogP contribution in [0.5, 0.6) is 5.75 Å². The number of aryl methyl sites for hydroxylation is 2. The Labute approximate surface area is 148 Å². The van der Waals surface area contributed by atoms with Gasteiger partial charge < -0.3 is 15.8 Å². The number of nitrogens with one attached hydrogen (secondary N) is 1. The Balaban J connectivity index is 0.00000242. The van der Waals surface area contributed by atoms with Crippen LogP contribution in [0.15, 0.2) is 53.5 Å². The molecule has 0 fully saturated rings. The number of aliphatic imine (C=N–C) groups is 1. The van der Waals surface area contributed by atoms with E-state index in [1.165, 1.54) is 0 Å². The van der Waals surface area contributed by atoms with Crippen molar-refractivity contribution in [2.24, 2.45) is 10.7 Å². The van der Waals surface area contributed by atoms with Gasteiger partial charge in [-0.05, 0) is 37.1 Å². The van der Waals surface area contributed by atoms with Gasteiger partial charge in [-0.15, -0.1) is 24.0 Å². The van der Waals surface area contributed by atoms with Crippen LogP contribution < -0.4 is 15.8 Å². The molecule has 0 aromatic heterocycles. The van der Waals surface area contributed by atoms with Crippen molar-refractivity contribution in [2.75, 3.05) is 18.5 Å². The Morgan fingerprint density at radius 1 is 1.05 bits per heavy atom. The van der Waals surface area contributed by atoms with Crippen LogP contribution in [-0.2, 0) is 0 Å². The fourth-order valence-corrected chi connectivity index (χ4v) is 2.05. The topological polar surface area (TPSA) is 59.6 Å². The molecule has 4 nitrogen and oxygen atoms in total. The van der Waals surface area contributed by atoms with E-state index in [-0.39, 0.29) is 24.0 Å². The van der Waals surface area contributed by atoms with E-state index in [4.69, 9.17) is 10.5 Å². The molecule has 3 N–H and O–H groups in total. The van der Waals surface area contributed by atoms with E-state index in [0.717, 1.165) is 22.6 Å². The van der Waals surface area contributed by atoms with Gasteiger partial charge in [-0.3, -0.25) is 0 Å². The van der Waals surface area contributed by atoms with Gasteiger partial charge in [0.25, 0.3) is 0 Å². The summed E-state index contributed by atoms with van der Waals surface area (Å²) in [5.74, 6) is 1.33. The molecule has 0 atom stereocenters. The summed E-state index contributed by atoms with van der Waals surface area (Å²) in [6.45, 7) is 5.09. The van der Waals surface area contributed by atoms with Gasteiger partial charge in [-0.25, -0.2) is 4.99 Å². The second-order valence-corrected chi connectivity index (χ2v) is 4.83. The number of hydrogen-bond acceptors (Lipinski definition) is 2. The minimum Gasteiger partial charge on any atom is -0.491 e. The normalized spacial score (nSPS) is 10.7. The molecule has 0 bridgehead atoms. The SMILES string of the molecule is Cc1cccc(C)c1OCCN=C(N)Nc1ccccc1.I. The fraction of sp³-hybridized carbons (Fsp3) is 0.235. The zero-order valence-corrected chi connectivity index (χ0v) is 15.2. The highest BCUT2D eigenvalue weighted by atomic mass is 127. The molecule has 0 amide bonds. The highest BCUT2D eigenvalue weighted by Gasteiger charge is 2.02. The minimum atomic E-state index is 0. The fourth-order valence-electron chi connectivity index (χ4n) is 2.05. The predicted octanol–water partition coefficient (Wildman–Crippen LogP) is 3.73. The number of guanidine groups is 1. The lowest BCUT2D eigenvalue weighted by Gasteiger charge is -2.11. The molecule has 5 heteroatoms. The van der Waals surface area contributed by atoms with Crippen molar-refractivity contribution >= 4 is 35.6 Å². The summed E-state index contributed by atoms with van der Waals surface area (Å²) in [5, 5.41) is 3.04. The third-order valence-corrected chi connectivity index (χ3v) is 3.07. The van der Waals surface area contributed by atoms with E-state index >= 15 is 0 Å². The highest BCUT2D eigenvalue weighted by Crippen LogP contribution is 2.21. The van der Waals surface area contributed by atoms with Crippen molar-refractivity contribution in [1.29, 1.82) is 0 Å². The largest absolute Gasteiger partial charge is 0.491 e. The molecule has 118 valence electrons. The van der Waals surface area contributed by atoms with Crippen molar-refractivity contribution in [1.82, 2.24) is 0 Å². The Hall–Kier alpha value is -1.76. The zero-order chi connectivity index (χ0) is 15.1.